The van der Waals surface area contributed by atoms with Crippen molar-refractivity contribution in [2.24, 2.45) is 0 Å². The first-order valence-corrected chi connectivity index (χ1v) is 6.74. The van der Waals surface area contributed by atoms with Gasteiger partial charge in [-0.05, 0) is 53.4 Å². The van der Waals surface area contributed by atoms with Crippen molar-refractivity contribution < 1.29 is 9.53 Å². The molecule has 0 bridgehead atoms. The molecule has 1 amide bonds. The molecule has 1 saturated carbocycles. The summed E-state index contributed by atoms with van der Waals surface area (Å²) in [6.07, 6.45) is 3.18. The van der Waals surface area contributed by atoms with Crippen LogP contribution in [0.2, 0.25) is 0 Å². The van der Waals surface area contributed by atoms with Crippen molar-refractivity contribution in [2.75, 3.05) is 19.4 Å². The van der Waals surface area contributed by atoms with Crippen LogP contribution in [0.5, 0.6) is 0 Å². The van der Waals surface area contributed by atoms with Gasteiger partial charge in [0.15, 0.2) is 0 Å². The zero-order valence-electron chi connectivity index (χ0n) is 10.3. The molecule has 18 heavy (non-hydrogen) atoms. The highest BCUT2D eigenvalue weighted by Gasteiger charge is 2.37. The SMILES string of the molecule is COC1(CNC(=O)c2ccc(N)c(Br)c2)CCC1. The Hall–Kier alpha value is -1.07. The molecule has 0 unspecified atom stereocenters. The summed E-state index contributed by atoms with van der Waals surface area (Å²) in [5, 5.41) is 2.91. The van der Waals surface area contributed by atoms with Crippen LogP contribution in [0.3, 0.4) is 0 Å². The van der Waals surface area contributed by atoms with E-state index in [2.05, 4.69) is 21.2 Å². The molecular weight excluding hydrogens is 296 g/mol. The first-order valence-electron chi connectivity index (χ1n) is 5.95. The number of anilines is 1. The number of nitrogens with one attached hydrogen (secondary N) is 1. The van der Waals surface area contributed by atoms with Crippen molar-refractivity contribution in [3.63, 3.8) is 0 Å². The van der Waals surface area contributed by atoms with E-state index < -0.39 is 0 Å². The fraction of sp³-hybridized carbons (Fsp3) is 0.462. The van der Waals surface area contributed by atoms with Gasteiger partial charge in [-0.1, -0.05) is 0 Å². The van der Waals surface area contributed by atoms with Gasteiger partial charge < -0.3 is 15.8 Å². The molecule has 3 N–H and O–H groups in total. The Morgan fingerprint density at radius 2 is 2.28 bits per heavy atom. The number of amides is 1. The van der Waals surface area contributed by atoms with Crippen LogP contribution in [-0.2, 0) is 4.74 Å². The molecule has 0 saturated heterocycles. The molecule has 0 radical (unpaired) electrons. The van der Waals surface area contributed by atoms with E-state index in [1.165, 1.54) is 0 Å². The van der Waals surface area contributed by atoms with Crippen molar-refractivity contribution >= 4 is 27.5 Å². The number of carbonyl (C=O) groups excluding carboxylic acids is 1. The standard InChI is InChI=1S/C13H17BrN2O2/c1-18-13(5-2-6-13)8-16-12(17)9-3-4-11(15)10(14)7-9/h3-4,7H,2,5-6,8,15H2,1H3,(H,16,17). The van der Waals surface area contributed by atoms with E-state index in [0.717, 1.165) is 23.7 Å². The van der Waals surface area contributed by atoms with Crippen LogP contribution in [0.15, 0.2) is 22.7 Å². The Balaban J connectivity index is 1.97. The molecule has 5 heteroatoms. The summed E-state index contributed by atoms with van der Waals surface area (Å²) >= 11 is 3.31. The Labute approximate surface area is 115 Å². The number of hydrogen-bond acceptors (Lipinski definition) is 3. The minimum atomic E-state index is -0.152. The Bertz CT molecular complexity index is 453. The van der Waals surface area contributed by atoms with Crippen LogP contribution in [0.25, 0.3) is 0 Å². The zero-order chi connectivity index (χ0) is 13.2. The van der Waals surface area contributed by atoms with Crippen molar-refractivity contribution in [1.82, 2.24) is 5.32 Å². The maximum atomic E-state index is 12.0. The van der Waals surface area contributed by atoms with E-state index in [4.69, 9.17) is 10.5 Å². The molecule has 1 aliphatic rings. The van der Waals surface area contributed by atoms with Gasteiger partial charge in [-0.3, -0.25) is 4.79 Å². The molecule has 1 fully saturated rings. The van der Waals surface area contributed by atoms with Crippen molar-refractivity contribution in [1.29, 1.82) is 0 Å². The highest BCUT2D eigenvalue weighted by molar-refractivity contribution is 9.10. The number of ether oxygens (including phenoxy) is 1. The number of benzene rings is 1. The maximum Gasteiger partial charge on any atom is 0.251 e. The summed E-state index contributed by atoms with van der Waals surface area (Å²) in [5.74, 6) is -0.0981. The minimum Gasteiger partial charge on any atom is -0.398 e. The molecule has 0 aliphatic heterocycles. The van der Waals surface area contributed by atoms with Crippen molar-refractivity contribution in [3.05, 3.63) is 28.2 Å². The number of methoxy groups -OCH3 is 1. The van der Waals surface area contributed by atoms with E-state index in [-0.39, 0.29) is 11.5 Å². The van der Waals surface area contributed by atoms with Gasteiger partial charge in [-0.25, -0.2) is 0 Å². The van der Waals surface area contributed by atoms with Crippen LogP contribution >= 0.6 is 15.9 Å². The molecule has 0 heterocycles. The topological polar surface area (TPSA) is 64.3 Å². The molecule has 1 aromatic carbocycles. The summed E-state index contributed by atoms with van der Waals surface area (Å²) in [6.45, 7) is 0.560. The van der Waals surface area contributed by atoms with Crippen molar-refractivity contribution in [2.45, 2.75) is 24.9 Å². The second kappa shape index (κ2) is 5.28. The lowest BCUT2D eigenvalue weighted by atomic mass is 9.80. The van der Waals surface area contributed by atoms with Gasteiger partial charge in [0.25, 0.3) is 5.91 Å². The molecule has 4 nitrogen and oxygen atoms in total. The number of carbonyl (C=O) groups is 1. The van der Waals surface area contributed by atoms with Crippen LogP contribution in [0, 0.1) is 0 Å². The smallest absolute Gasteiger partial charge is 0.251 e. The lowest BCUT2D eigenvalue weighted by Crippen LogP contribution is -2.49. The third-order valence-electron chi connectivity index (χ3n) is 3.53. The predicted molar refractivity (Wildman–Crippen MR) is 74.5 cm³/mol. The third kappa shape index (κ3) is 2.67. The van der Waals surface area contributed by atoms with Gasteiger partial charge in [-0.15, -0.1) is 0 Å². The maximum absolute atomic E-state index is 12.0. The average molecular weight is 313 g/mol. The average Bonchev–Trinajstić information content (AvgIpc) is 2.31. The summed E-state index contributed by atoms with van der Waals surface area (Å²) < 4.78 is 6.20. The summed E-state index contributed by atoms with van der Waals surface area (Å²) in [6, 6.07) is 5.16. The summed E-state index contributed by atoms with van der Waals surface area (Å²) in [5.41, 5.74) is 6.76. The first-order chi connectivity index (χ1) is 8.56. The van der Waals surface area contributed by atoms with Gasteiger partial charge >= 0.3 is 0 Å². The van der Waals surface area contributed by atoms with E-state index in [1.807, 2.05) is 0 Å². The highest BCUT2D eigenvalue weighted by atomic mass is 79.9. The number of hydrogen-bond donors (Lipinski definition) is 2. The molecule has 0 spiro atoms. The first kappa shape index (κ1) is 13.4. The van der Waals surface area contributed by atoms with Crippen LogP contribution in [0.1, 0.15) is 29.6 Å². The van der Waals surface area contributed by atoms with Crippen LogP contribution in [-0.4, -0.2) is 25.2 Å². The lowest BCUT2D eigenvalue weighted by molar-refractivity contribution is -0.0679. The van der Waals surface area contributed by atoms with Crippen molar-refractivity contribution in [3.8, 4) is 0 Å². The number of halogens is 1. The second-order valence-electron chi connectivity index (χ2n) is 4.66. The Kier molecular flexibility index (Phi) is 3.92. The van der Waals surface area contributed by atoms with Gasteiger partial charge in [0, 0.05) is 29.4 Å². The van der Waals surface area contributed by atoms with Crippen LogP contribution < -0.4 is 11.1 Å². The lowest BCUT2D eigenvalue weighted by Gasteiger charge is -2.40. The minimum absolute atomic E-state index is 0.0981. The monoisotopic (exact) mass is 312 g/mol. The highest BCUT2D eigenvalue weighted by Crippen LogP contribution is 2.34. The molecule has 1 aliphatic carbocycles. The molecule has 2 rings (SSSR count). The van der Waals surface area contributed by atoms with Gasteiger partial charge in [0.1, 0.15) is 0 Å². The van der Waals surface area contributed by atoms with Gasteiger partial charge in [0.2, 0.25) is 0 Å². The fourth-order valence-electron chi connectivity index (χ4n) is 2.04. The van der Waals surface area contributed by atoms with E-state index in [1.54, 1.807) is 25.3 Å². The molecule has 98 valence electrons. The summed E-state index contributed by atoms with van der Waals surface area (Å²) in [4.78, 5) is 12.0. The number of nitrogen functional groups attached to an aromatic ring is 1. The second-order valence-corrected chi connectivity index (χ2v) is 5.51. The normalized spacial score (nSPS) is 17.0. The molecular formula is C13H17BrN2O2. The van der Waals surface area contributed by atoms with Crippen LogP contribution in [0.4, 0.5) is 5.69 Å². The Morgan fingerprint density at radius 1 is 1.56 bits per heavy atom. The number of rotatable bonds is 4. The number of nitrogens with two attached hydrogens (primary N) is 1. The zero-order valence-corrected chi connectivity index (χ0v) is 11.9. The molecule has 0 atom stereocenters. The van der Waals surface area contributed by atoms with E-state index >= 15 is 0 Å². The Morgan fingerprint density at radius 3 is 2.78 bits per heavy atom. The quantitative estimate of drug-likeness (QED) is 0.839. The van der Waals surface area contributed by atoms with Gasteiger partial charge in [-0.2, -0.15) is 0 Å². The van der Waals surface area contributed by atoms with Gasteiger partial charge in [0.05, 0.1) is 5.60 Å². The fourth-order valence-corrected chi connectivity index (χ4v) is 2.41. The predicted octanol–water partition coefficient (Wildman–Crippen LogP) is 2.33. The molecule has 0 aromatic heterocycles. The summed E-state index contributed by atoms with van der Waals surface area (Å²) in [7, 11) is 1.70. The molecule has 1 aromatic rings. The third-order valence-corrected chi connectivity index (χ3v) is 4.22. The largest absolute Gasteiger partial charge is 0.398 e. The van der Waals surface area contributed by atoms with E-state index in [9.17, 15) is 4.79 Å². The van der Waals surface area contributed by atoms with E-state index in [0.29, 0.717) is 17.8 Å².